The van der Waals surface area contributed by atoms with Gasteiger partial charge in [-0.3, -0.25) is 0 Å². The lowest BCUT2D eigenvalue weighted by atomic mass is 10.3. The zero-order chi connectivity index (χ0) is 9.90. The van der Waals surface area contributed by atoms with E-state index in [1.165, 1.54) is 12.1 Å². The van der Waals surface area contributed by atoms with Gasteiger partial charge in [0.2, 0.25) is 0 Å². The Balaban J connectivity index is 2.88. The first kappa shape index (κ1) is 10.1. The number of rotatable bonds is 3. The van der Waals surface area contributed by atoms with Gasteiger partial charge in [-0.15, -0.1) is 0 Å². The van der Waals surface area contributed by atoms with Crippen LogP contribution in [0.25, 0.3) is 0 Å². The van der Waals surface area contributed by atoms with Gasteiger partial charge >= 0.3 is 16.9 Å². The van der Waals surface area contributed by atoms with Crippen LogP contribution < -0.4 is 9.62 Å². The topological polar surface area (TPSA) is 86.3 Å². The van der Waals surface area contributed by atoms with Crippen LogP contribution in [0.1, 0.15) is 0 Å². The second-order valence-electron chi connectivity index (χ2n) is 2.17. The first-order chi connectivity index (χ1) is 6.02. The molecule has 0 aliphatic rings. The number of anilines is 1. The Hall–Kier alpha value is -0.970. The smallest absolute Gasteiger partial charge is 0.465 e. The van der Waals surface area contributed by atoms with Crippen LogP contribution >= 0.6 is 7.23 Å². The summed E-state index contributed by atoms with van der Waals surface area (Å²) in [5.74, 6) is 0. The summed E-state index contributed by atoms with van der Waals surface area (Å²) in [6.45, 7) is 0. The lowest BCUT2D eigenvalue weighted by molar-refractivity contribution is -0.158. The Kier molecular flexibility index (Phi) is 2.98. The molecule has 7 heteroatoms. The van der Waals surface area contributed by atoms with Gasteiger partial charge in [-0.1, -0.05) is 22.8 Å². The van der Waals surface area contributed by atoms with E-state index in [0.717, 1.165) is 0 Å². The maximum atomic E-state index is 10.8. The molecule has 1 aromatic carbocycles. The minimum absolute atomic E-state index is 0.224. The van der Waals surface area contributed by atoms with Crippen molar-refractivity contribution in [3.05, 3.63) is 30.3 Å². The van der Waals surface area contributed by atoms with Crippen molar-refractivity contribution in [2.75, 3.05) is 4.72 Å². The van der Waals surface area contributed by atoms with Crippen LogP contribution in [0.2, 0.25) is 0 Å². The first-order valence-corrected chi connectivity index (χ1v) is 6.51. The highest BCUT2D eigenvalue weighted by Gasteiger charge is 2.24. The molecule has 0 saturated heterocycles. The van der Waals surface area contributed by atoms with Crippen molar-refractivity contribution in [2.45, 2.75) is 0 Å². The number of hydrogen-bond acceptors (Lipinski definition) is 4. The molecule has 5 nitrogen and oxygen atoms in total. The number of hydrogen-bond donors (Lipinski definition) is 1. The lowest BCUT2D eigenvalue weighted by Crippen LogP contribution is -2.11. The van der Waals surface area contributed by atoms with Gasteiger partial charge in [-0.25, -0.2) is 4.72 Å². The molecule has 0 aromatic heterocycles. The summed E-state index contributed by atoms with van der Waals surface area (Å²) in [4.78, 5) is 10.2. The standard InChI is InChI=1S/C6H6NO4PS/c8-12(9)13(10,11)7-6-4-2-1-3-5-6/h1-5,7H. The Labute approximate surface area is 76.1 Å². The van der Waals surface area contributed by atoms with Crippen molar-refractivity contribution in [1.29, 1.82) is 0 Å². The highest BCUT2D eigenvalue weighted by molar-refractivity contribution is 8.44. The van der Waals surface area contributed by atoms with Crippen molar-refractivity contribution < 1.29 is 17.9 Å². The maximum Gasteiger partial charge on any atom is 0.465 e. The molecule has 0 radical (unpaired) electrons. The molecule has 0 saturated carbocycles. The monoisotopic (exact) mass is 219 g/mol. The molecule has 0 aliphatic carbocycles. The van der Waals surface area contributed by atoms with E-state index in [9.17, 15) is 17.9 Å². The summed E-state index contributed by atoms with van der Waals surface area (Å²) in [5, 5.41) is 0. The Morgan fingerprint density at radius 3 is 2.23 bits per heavy atom. The molecule has 0 fully saturated rings. The highest BCUT2D eigenvalue weighted by Crippen LogP contribution is 2.21. The fraction of sp³-hybridized carbons (Fsp3) is 0. The van der Waals surface area contributed by atoms with Crippen LogP contribution in [0, 0.1) is 0 Å². The molecule has 70 valence electrons. The van der Waals surface area contributed by atoms with E-state index in [1.807, 2.05) is 4.72 Å². The second kappa shape index (κ2) is 3.83. The molecular formula is C6H6NO4PS. The number of benzene rings is 1. The first-order valence-electron chi connectivity index (χ1n) is 3.25. The van der Waals surface area contributed by atoms with Crippen LogP contribution in [0.15, 0.2) is 30.3 Å². The normalized spacial score (nSPS) is 12.2. The van der Waals surface area contributed by atoms with Gasteiger partial charge in [-0.05, 0) is 12.1 Å². The number of para-hydroxylation sites is 1. The SMILES string of the molecule is O=[P+]([O-])S(=O)(=O)Nc1ccccc1. The summed E-state index contributed by atoms with van der Waals surface area (Å²) in [6.07, 6.45) is 0. The summed E-state index contributed by atoms with van der Waals surface area (Å²) in [5.41, 5.74) is 0.224. The molecule has 1 atom stereocenters. The minimum atomic E-state index is -4.25. The molecule has 0 bridgehead atoms. The van der Waals surface area contributed by atoms with Crippen LogP contribution in [-0.2, 0) is 14.2 Å². The van der Waals surface area contributed by atoms with Crippen molar-refractivity contribution in [3.63, 3.8) is 0 Å². The van der Waals surface area contributed by atoms with Crippen molar-refractivity contribution in [1.82, 2.24) is 0 Å². The van der Waals surface area contributed by atoms with Gasteiger partial charge in [0.25, 0.3) is 0 Å². The third-order valence-corrected chi connectivity index (χ3v) is 3.55. The molecule has 13 heavy (non-hydrogen) atoms. The Morgan fingerprint density at radius 1 is 1.23 bits per heavy atom. The summed E-state index contributed by atoms with van der Waals surface area (Å²) >= 11 is 0. The Bertz CT molecular complexity index is 402. The van der Waals surface area contributed by atoms with Crippen LogP contribution in [0.5, 0.6) is 0 Å². The molecule has 0 spiro atoms. The maximum absolute atomic E-state index is 10.8. The molecule has 1 aromatic rings. The van der Waals surface area contributed by atoms with E-state index in [1.54, 1.807) is 18.2 Å². The van der Waals surface area contributed by atoms with Gasteiger partial charge in [0.15, 0.2) is 0 Å². The summed E-state index contributed by atoms with van der Waals surface area (Å²) < 4.78 is 33.7. The van der Waals surface area contributed by atoms with Crippen molar-refractivity contribution in [2.24, 2.45) is 0 Å². The average Bonchev–Trinajstić information content (AvgIpc) is 2.05. The van der Waals surface area contributed by atoms with Gasteiger partial charge in [0.1, 0.15) is 0 Å². The highest BCUT2D eigenvalue weighted by atomic mass is 32.8. The van der Waals surface area contributed by atoms with E-state index >= 15 is 0 Å². The molecule has 1 N–H and O–H groups in total. The lowest BCUT2D eigenvalue weighted by Gasteiger charge is -1.99. The summed E-state index contributed by atoms with van der Waals surface area (Å²) in [6, 6.07) is 7.78. The van der Waals surface area contributed by atoms with E-state index in [4.69, 9.17) is 0 Å². The average molecular weight is 219 g/mol. The van der Waals surface area contributed by atoms with Gasteiger partial charge in [-0.2, -0.15) is 8.42 Å². The van der Waals surface area contributed by atoms with Crippen LogP contribution in [-0.4, -0.2) is 8.42 Å². The second-order valence-corrected chi connectivity index (χ2v) is 6.10. The van der Waals surface area contributed by atoms with Gasteiger partial charge in [0, 0.05) is 0 Å². The van der Waals surface area contributed by atoms with Crippen molar-refractivity contribution >= 4 is 22.6 Å². The fourth-order valence-corrected chi connectivity index (χ4v) is 1.74. The van der Waals surface area contributed by atoms with E-state index in [0.29, 0.717) is 0 Å². The zero-order valence-corrected chi connectivity index (χ0v) is 8.09. The molecule has 1 rings (SSSR count). The molecular weight excluding hydrogens is 213 g/mol. The van der Waals surface area contributed by atoms with E-state index in [-0.39, 0.29) is 5.69 Å². The predicted octanol–water partition coefficient (Wildman–Crippen LogP) is 0.446. The summed E-state index contributed by atoms with van der Waals surface area (Å²) in [7, 11) is -7.75. The molecule has 1 unspecified atom stereocenters. The minimum Gasteiger partial charge on any atom is -0.579 e. The Morgan fingerprint density at radius 2 is 1.77 bits per heavy atom. The largest absolute Gasteiger partial charge is 0.579 e. The third-order valence-electron chi connectivity index (χ3n) is 1.22. The van der Waals surface area contributed by atoms with E-state index in [2.05, 4.69) is 0 Å². The van der Waals surface area contributed by atoms with Crippen LogP contribution in [0.3, 0.4) is 0 Å². The quantitative estimate of drug-likeness (QED) is 0.747. The molecule has 0 amide bonds. The molecule has 0 aliphatic heterocycles. The third kappa shape index (κ3) is 2.77. The zero-order valence-electron chi connectivity index (χ0n) is 6.38. The number of nitrogens with one attached hydrogen (secondary N) is 1. The van der Waals surface area contributed by atoms with Crippen molar-refractivity contribution in [3.8, 4) is 0 Å². The van der Waals surface area contributed by atoms with Crippen LogP contribution in [0.4, 0.5) is 5.69 Å². The predicted molar refractivity (Wildman–Crippen MR) is 46.6 cm³/mol. The van der Waals surface area contributed by atoms with Gasteiger partial charge < -0.3 is 4.89 Å². The fourth-order valence-electron chi connectivity index (χ4n) is 0.692. The van der Waals surface area contributed by atoms with Gasteiger partial charge in [0.05, 0.1) is 5.69 Å². The molecule has 0 heterocycles. The van der Waals surface area contributed by atoms with E-state index < -0.39 is 16.9 Å².